The summed E-state index contributed by atoms with van der Waals surface area (Å²) in [5, 5.41) is 23.1. The van der Waals surface area contributed by atoms with Gasteiger partial charge in [0.2, 0.25) is 5.16 Å². The maximum Gasteiger partial charge on any atom is 0.413 e. The van der Waals surface area contributed by atoms with E-state index in [9.17, 15) is 24.0 Å². The lowest BCUT2D eigenvalue weighted by Gasteiger charge is -2.56. The number of carboxylic acid groups (broad SMARTS) is 1. The van der Waals surface area contributed by atoms with Crippen LogP contribution in [0.5, 0.6) is 0 Å². The molecule has 2 aromatic heterocycles. The van der Waals surface area contributed by atoms with Crippen LogP contribution in [-0.4, -0.2) is 117 Å². The number of fused-ring (bicyclic) bond motifs is 1. The zero-order valence-corrected chi connectivity index (χ0v) is 32.2. The molecule has 0 bridgehead atoms. The van der Waals surface area contributed by atoms with Crippen molar-refractivity contribution in [2.75, 3.05) is 18.6 Å². The molecular weight excluding hydrogens is 743 g/mol. The molecule has 1 saturated heterocycles. The molecular formula is C30H41N9O10S3. The number of amides is 1. The van der Waals surface area contributed by atoms with Gasteiger partial charge in [-0.25, -0.2) is 14.5 Å². The average molecular weight is 784 g/mol. The second kappa shape index (κ2) is 15.9. The number of esters is 3. The van der Waals surface area contributed by atoms with Crippen LogP contribution in [0, 0.1) is 10.8 Å². The van der Waals surface area contributed by atoms with E-state index in [1.807, 2.05) is 0 Å². The molecule has 22 heteroatoms. The van der Waals surface area contributed by atoms with Gasteiger partial charge in [0.05, 0.1) is 27.9 Å². The number of aliphatic carboxylic acids is 1. The van der Waals surface area contributed by atoms with E-state index in [2.05, 4.69) is 30.8 Å². The lowest BCUT2D eigenvalue weighted by molar-refractivity contribution is -0.264. The minimum Gasteiger partial charge on any atom is -0.480 e. The highest BCUT2D eigenvalue weighted by molar-refractivity contribution is 8.01. The van der Waals surface area contributed by atoms with Crippen LogP contribution in [0.2, 0.25) is 0 Å². The highest BCUT2D eigenvalue weighted by Crippen LogP contribution is 2.47. The molecule has 0 spiro atoms. The summed E-state index contributed by atoms with van der Waals surface area (Å²) in [6.45, 7) is 7.36. The normalized spacial score (nSPS) is 19.5. The van der Waals surface area contributed by atoms with Gasteiger partial charge in [0.15, 0.2) is 0 Å². The number of nitrogens with one attached hydrogen (secondary N) is 2. The summed E-state index contributed by atoms with van der Waals surface area (Å²) in [5.41, 5.74) is 2.50. The van der Waals surface area contributed by atoms with Crippen molar-refractivity contribution in [2.24, 2.45) is 23.6 Å². The predicted octanol–water partition coefficient (Wildman–Crippen LogP) is 0.657. The first-order valence-corrected chi connectivity index (χ1v) is 18.2. The maximum atomic E-state index is 14.1. The first kappa shape index (κ1) is 40.6. The Morgan fingerprint density at radius 1 is 1.17 bits per heavy atom. The number of carboxylic acids is 1. The Balaban J connectivity index is 1.61. The number of β-lactam (4-membered cyclic amide) rings is 1. The van der Waals surface area contributed by atoms with E-state index < -0.39 is 64.2 Å². The third-order valence-electron chi connectivity index (χ3n) is 7.50. The first-order chi connectivity index (χ1) is 24.2. The van der Waals surface area contributed by atoms with E-state index in [1.165, 1.54) is 46.4 Å². The Bertz CT molecular complexity index is 1740. The average Bonchev–Trinajstić information content (AvgIpc) is 3.68. The van der Waals surface area contributed by atoms with Crippen molar-refractivity contribution < 1.29 is 48.0 Å². The lowest BCUT2D eigenvalue weighted by atomic mass is 9.97. The zero-order valence-electron chi connectivity index (χ0n) is 29.7. The molecule has 4 heterocycles. The Morgan fingerprint density at radius 2 is 1.81 bits per heavy atom. The van der Waals surface area contributed by atoms with Gasteiger partial charge in [-0.05, 0) is 57.5 Å². The Labute approximate surface area is 312 Å². The van der Waals surface area contributed by atoms with Crippen molar-refractivity contribution in [3.05, 3.63) is 29.0 Å². The van der Waals surface area contributed by atoms with E-state index >= 15 is 0 Å². The summed E-state index contributed by atoms with van der Waals surface area (Å²) < 4.78 is 23.4. The molecule has 0 aromatic carbocycles. The van der Waals surface area contributed by atoms with Gasteiger partial charge in [0.1, 0.15) is 22.9 Å². The minimum atomic E-state index is -2.07. The summed E-state index contributed by atoms with van der Waals surface area (Å²) in [7, 11) is 2.95. The van der Waals surface area contributed by atoms with Gasteiger partial charge in [-0.3, -0.25) is 24.1 Å². The third kappa shape index (κ3) is 9.08. The number of carbonyl (C=O) groups is 5. The molecule has 0 radical (unpaired) electrons. The van der Waals surface area contributed by atoms with Gasteiger partial charge in [0, 0.05) is 38.3 Å². The van der Waals surface area contributed by atoms with E-state index in [1.54, 1.807) is 48.6 Å². The van der Waals surface area contributed by atoms with Crippen molar-refractivity contribution in [3.63, 3.8) is 0 Å². The van der Waals surface area contributed by atoms with Gasteiger partial charge >= 0.3 is 30.4 Å². The number of thioether (sulfide) groups is 2. The number of hydrogen-bond donors (Lipinski definition) is 4. The number of methoxy groups -OCH3 is 1. The topological polar surface area (TPSA) is 256 Å². The van der Waals surface area contributed by atoms with Gasteiger partial charge in [-0.15, -0.1) is 16.9 Å². The number of ether oxygens (including phenoxy) is 4. The van der Waals surface area contributed by atoms with Crippen LogP contribution >= 0.6 is 35.7 Å². The van der Waals surface area contributed by atoms with E-state index in [0.29, 0.717) is 22.2 Å². The van der Waals surface area contributed by atoms with Crippen molar-refractivity contribution >= 4 is 70.5 Å². The quantitative estimate of drug-likeness (QED) is 0.0674. The summed E-state index contributed by atoms with van der Waals surface area (Å²) in [6, 6.07) is -1.14. The molecule has 5 N–H and O–H groups in total. The number of thiocarbonyl (C=S) groups is 1. The molecule has 2 aliphatic heterocycles. The molecule has 1 amide bonds. The highest BCUT2D eigenvalue weighted by Gasteiger charge is 2.66. The molecule has 0 aliphatic carbocycles. The fourth-order valence-corrected chi connectivity index (χ4v) is 7.31. The zero-order chi connectivity index (χ0) is 38.8. The molecule has 2 aromatic rings. The second-order valence-corrected chi connectivity index (χ2v) is 16.3. The van der Waals surface area contributed by atoms with Crippen molar-refractivity contribution in [1.82, 2.24) is 40.4 Å². The van der Waals surface area contributed by atoms with Crippen LogP contribution in [0.3, 0.4) is 0 Å². The van der Waals surface area contributed by atoms with Crippen LogP contribution in [0.25, 0.3) is 0 Å². The molecule has 284 valence electrons. The largest absolute Gasteiger partial charge is 0.480 e. The molecule has 52 heavy (non-hydrogen) atoms. The number of H-pyrrole nitrogens is 1. The number of tetrazole rings is 1. The SMILES string of the molecule is CO[C@@]1(NC(=S)Cc2nc(CC(N)C(=O)O)c[nH]2)C(=O)N2C(C(=O)OC(OC(=O)C(C)(C)C)OC(=O)C(C)(C)C)=C(CSc3nnnn3C)CS[C@H]21. The summed E-state index contributed by atoms with van der Waals surface area (Å²) in [4.78, 5) is 73.5. The molecule has 3 atom stereocenters. The van der Waals surface area contributed by atoms with E-state index in [-0.39, 0.29) is 35.0 Å². The molecule has 19 nitrogen and oxygen atoms in total. The number of aromatic amines is 1. The standard InChI is InChI=1S/C30H41N9O10S3/c1-28(2,3)24(44)48-27(49-25(45)29(4,5)6)47-21(42)19-14(13-52-26-35-36-37-38(26)7)12-51-23-30(46-8,22(43)39(19)23)34-18(50)10-17-32-11-15(33-17)9-16(31)20(40)41/h11,16,23,27H,9-10,12-13,31H2,1-8H3,(H,32,33)(H,34,50)(H,40,41)/t16?,23-,30-/m0/s1. The third-order valence-corrected chi connectivity index (χ3v) is 10.2. The highest BCUT2D eigenvalue weighted by atomic mass is 32.2. The number of nitrogens with zero attached hydrogens (tertiary/aromatic N) is 6. The second-order valence-electron chi connectivity index (χ2n) is 13.8. The van der Waals surface area contributed by atoms with Crippen molar-refractivity contribution in [1.29, 1.82) is 0 Å². The van der Waals surface area contributed by atoms with Crippen LogP contribution in [0.4, 0.5) is 0 Å². The monoisotopic (exact) mass is 783 g/mol. The Hall–Kier alpha value is -4.12. The predicted molar refractivity (Wildman–Crippen MR) is 188 cm³/mol. The smallest absolute Gasteiger partial charge is 0.413 e. The molecule has 1 unspecified atom stereocenters. The Morgan fingerprint density at radius 3 is 2.35 bits per heavy atom. The molecule has 1 fully saturated rings. The van der Waals surface area contributed by atoms with Crippen molar-refractivity contribution in [3.8, 4) is 0 Å². The fraction of sp³-hybridized carbons (Fsp3) is 0.600. The van der Waals surface area contributed by atoms with Crippen molar-refractivity contribution in [2.45, 2.75) is 83.2 Å². The number of nitrogens with two attached hydrogens (primary N) is 1. The number of carbonyl (C=O) groups excluding carboxylic acids is 4. The summed E-state index contributed by atoms with van der Waals surface area (Å²) in [6.07, 6.45) is 1.54. The van der Waals surface area contributed by atoms with Gasteiger partial charge in [-0.1, -0.05) is 24.0 Å². The number of rotatable bonds is 14. The summed E-state index contributed by atoms with van der Waals surface area (Å²) in [5.74, 6) is -3.84. The van der Waals surface area contributed by atoms with Gasteiger partial charge < -0.3 is 40.1 Å². The molecule has 2 aliphatic rings. The Kier molecular flexibility index (Phi) is 12.4. The van der Waals surface area contributed by atoms with Gasteiger partial charge in [-0.2, -0.15) is 0 Å². The van der Waals surface area contributed by atoms with Crippen LogP contribution in [0.15, 0.2) is 22.6 Å². The van der Waals surface area contributed by atoms with Crippen LogP contribution in [-0.2, 0) is 62.8 Å². The number of aromatic nitrogens is 6. The molecule has 4 rings (SSSR count). The number of imidazole rings is 1. The maximum absolute atomic E-state index is 14.1. The summed E-state index contributed by atoms with van der Waals surface area (Å²) >= 11 is 8.05. The minimum absolute atomic E-state index is 0.00907. The number of aryl methyl sites for hydroxylation is 1. The first-order valence-electron chi connectivity index (χ1n) is 15.7. The molecule has 0 saturated carbocycles. The van der Waals surface area contributed by atoms with E-state index in [4.69, 9.17) is 42.0 Å². The van der Waals surface area contributed by atoms with E-state index in [0.717, 1.165) is 0 Å². The lowest BCUT2D eigenvalue weighted by Crippen LogP contribution is -2.80. The van der Waals surface area contributed by atoms with Gasteiger partial charge in [0.25, 0.3) is 11.6 Å². The van der Waals surface area contributed by atoms with Crippen LogP contribution in [0.1, 0.15) is 53.1 Å². The fourth-order valence-electron chi connectivity index (χ4n) is 4.60. The van der Waals surface area contributed by atoms with Crippen LogP contribution < -0.4 is 11.1 Å². The number of hydrogen-bond acceptors (Lipinski definition) is 17.